The fraction of sp³-hybridized carbons (Fsp3) is 0.625. The fourth-order valence-electron chi connectivity index (χ4n) is 0.954. The average Bonchev–Trinajstić information content (AvgIpc) is 2.60. The number of nitrogens with one attached hydrogen (secondary N) is 1. The van der Waals surface area contributed by atoms with Gasteiger partial charge in [0.2, 0.25) is 0 Å². The van der Waals surface area contributed by atoms with Crippen molar-refractivity contribution in [1.29, 1.82) is 0 Å². The summed E-state index contributed by atoms with van der Waals surface area (Å²) in [6, 6.07) is 0. The highest BCUT2D eigenvalue weighted by molar-refractivity contribution is 7.89. The van der Waals surface area contributed by atoms with Gasteiger partial charge >= 0.3 is 0 Å². The summed E-state index contributed by atoms with van der Waals surface area (Å²) >= 11 is 0. The first kappa shape index (κ1) is 17.0. The first-order valence-electron chi connectivity index (χ1n) is 4.94. The van der Waals surface area contributed by atoms with Crippen LogP contribution in [0.3, 0.4) is 0 Å². The normalized spacial score (nSPS) is 11.8. The van der Waals surface area contributed by atoms with Crippen molar-refractivity contribution < 1.29 is 25.9 Å². The molecule has 0 aliphatic heterocycles. The first-order chi connectivity index (χ1) is 8.05. The Kier molecular flexibility index (Phi) is 6.46. The van der Waals surface area contributed by atoms with E-state index in [4.69, 9.17) is 9.11 Å². The maximum absolute atomic E-state index is 9.86. The lowest BCUT2D eigenvalue weighted by atomic mass is 10.3. The number of aromatic amines is 1. The van der Waals surface area contributed by atoms with Gasteiger partial charge in [-0.05, 0) is 13.3 Å². The Hall–Kier alpha value is -0.970. The van der Waals surface area contributed by atoms with Crippen LogP contribution in [0.1, 0.15) is 18.3 Å². The zero-order valence-corrected chi connectivity index (χ0v) is 11.6. The van der Waals surface area contributed by atoms with E-state index in [1.165, 1.54) is 11.4 Å². The second kappa shape index (κ2) is 6.83. The van der Waals surface area contributed by atoms with Crippen LogP contribution in [0, 0.1) is 6.92 Å². The van der Waals surface area contributed by atoms with Gasteiger partial charge in [0.05, 0.1) is 23.5 Å². The molecular formula is C8H16N2O6S2. The van der Waals surface area contributed by atoms with Crippen LogP contribution in [0.25, 0.3) is 0 Å². The van der Waals surface area contributed by atoms with Gasteiger partial charge in [0, 0.05) is 5.69 Å². The van der Waals surface area contributed by atoms with Crippen LogP contribution >= 0.6 is 0 Å². The number of nitrogens with zero attached hydrogens (tertiary/aromatic N) is 1. The van der Waals surface area contributed by atoms with Crippen molar-refractivity contribution in [2.75, 3.05) is 11.5 Å². The van der Waals surface area contributed by atoms with Crippen LogP contribution in [0.5, 0.6) is 0 Å². The third-order valence-electron chi connectivity index (χ3n) is 1.87. The first-order valence-corrected chi connectivity index (χ1v) is 8.16. The van der Waals surface area contributed by atoms with Gasteiger partial charge in [-0.1, -0.05) is 6.92 Å². The van der Waals surface area contributed by atoms with Crippen molar-refractivity contribution in [3.8, 4) is 0 Å². The molecule has 0 radical (unpaired) electrons. The zero-order chi connectivity index (χ0) is 14.4. The highest BCUT2D eigenvalue weighted by Gasteiger charge is 2.11. The van der Waals surface area contributed by atoms with Gasteiger partial charge in [0.1, 0.15) is 0 Å². The second-order valence-corrected chi connectivity index (χ2v) is 6.54. The van der Waals surface area contributed by atoms with Crippen molar-refractivity contribution in [2.24, 2.45) is 0 Å². The molecular weight excluding hydrogens is 284 g/mol. The van der Waals surface area contributed by atoms with Gasteiger partial charge < -0.3 is 4.98 Å². The van der Waals surface area contributed by atoms with E-state index in [0.29, 0.717) is 0 Å². The van der Waals surface area contributed by atoms with Gasteiger partial charge in [0.25, 0.3) is 20.2 Å². The molecule has 0 saturated carbocycles. The molecule has 1 aromatic heterocycles. The predicted octanol–water partition coefficient (Wildman–Crippen LogP) is 0.0425. The van der Waals surface area contributed by atoms with Crippen molar-refractivity contribution in [3.63, 3.8) is 0 Å². The average molecular weight is 300 g/mol. The predicted molar refractivity (Wildman–Crippen MR) is 65.5 cm³/mol. The Morgan fingerprint density at radius 3 is 1.78 bits per heavy atom. The van der Waals surface area contributed by atoms with Gasteiger partial charge in [-0.25, -0.2) is 4.98 Å². The highest BCUT2D eigenvalue weighted by atomic mass is 32.2. The third-order valence-corrected chi connectivity index (χ3v) is 3.57. The Morgan fingerprint density at radius 2 is 1.61 bits per heavy atom. The molecule has 0 amide bonds. The number of imidazole rings is 1. The Bertz CT molecular complexity index is 528. The minimum Gasteiger partial charge on any atom is -0.348 e. The topological polar surface area (TPSA) is 137 Å². The van der Waals surface area contributed by atoms with E-state index in [0.717, 1.165) is 6.42 Å². The molecule has 0 aliphatic rings. The Labute approximate surface area is 106 Å². The molecule has 0 unspecified atom stereocenters. The minimum absolute atomic E-state index is 0.980. The maximum atomic E-state index is 9.86. The van der Waals surface area contributed by atoms with E-state index < -0.39 is 31.7 Å². The van der Waals surface area contributed by atoms with E-state index in [2.05, 4.69) is 16.9 Å². The molecule has 10 heteroatoms. The van der Waals surface area contributed by atoms with Crippen LogP contribution in [-0.4, -0.2) is 47.4 Å². The van der Waals surface area contributed by atoms with Crippen LogP contribution in [0.4, 0.5) is 0 Å². The van der Waals surface area contributed by atoms with Crippen molar-refractivity contribution in [3.05, 3.63) is 17.7 Å². The molecule has 1 rings (SSSR count). The minimum atomic E-state index is -4.30. The lowest BCUT2D eigenvalue weighted by Gasteiger charge is -1.92. The smallest absolute Gasteiger partial charge is 0.265 e. The molecule has 0 spiro atoms. The number of H-pyrrole nitrogens is 1. The lowest BCUT2D eigenvalue weighted by molar-refractivity contribution is 0.472. The van der Waals surface area contributed by atoms with Gasteiger partial charge in [0.15, 0.2) is 0 Å². The van der Waals surface area contributed by atoms with E-state index in [9.17, 15) is 16.8 Å². The molecule has 0 aromatic carbocycles. The van der Waals surface area contributed by atoms with E-state index in [-0.39, 0.29) is 0 Å². The van der Waals surface area contributed by atoms with E-state index >= 15 is 0 Å². The number of hydrogen-bond acceptors (Lipinski definition) is 5. The lowest BCUT2D eigenvalue weighted by Crippen LogP contribution is -2.15. The Morgan fingerprint density at radius 1 is 1.17 bits per heavy atom. The molecule has 0 fully saturated rings. The van der Waals surface area contributed by atoms with Crippen molar-refractivity contribution in [2.45, 2.75) is 20.3 Å². The van der Waals surface area contributed by atoms with Crippen LogP contribution in [-0.2, 0) is 26.7 Å². The van der Waals surface area contributed by atoms with Crippen LogP contribution < -0.4 is 0 Å². The summed E-state index contributed by atoms with van der Waals surface area (Å²) in [7, 11) is -8.59. The van der Waals surface area contributed by atoms with Crippen LogP contribution in [0.2, 0.25) is 0 Å². The molecule has 1 heterocycles. The summed E-state index contributed by atoms with van der Waals surface area (Å²) in [5.74, 6) is -1.96. The van der Waals surface area contributed by atoms with Crippen molar-refractivity contribution in [1.82, 2.24) is 9.97 Å². The number of aromatic nitrogens is 2. The monoisotopic (exact) mass is 300 g/mol. The number of hydrogen-bond donors (Lipinski definition) is 3. The summed E-state index contributed by atoms with van der Waals surface area (Å²) in [5.41, 5.74) is 2.36. The van der Waals surface area contributed by atoms with Gasteiger partial charge in [-0.15, -0.1) is 0 Å². The fourth-order valence-corrected chi connectivity index (χ4v) is 2.64. The molecule has 8 nitrogen and oxygen atoms in total. The molecule has 1 aromatic rings. The molecule has 0 saturated heterocycles. The quantitative estimate of drug-likeness (QED) is 0.667. The SMILES string of the molecule is CCc1nc[nH]c1C.O=S(=O)(O)CCS(=O)(=O)O. The highest BCUT2D eigenvalue weighted by Crippen LogP contribution is 1.98. The standard InChI is InChI=1S/C6H10N2.C2H6O6S2/c1-3-6-5(2)7-4-8-6;3-9(4,5)1-2-10(6,7)8/h4H,3H2,1-2H3,(H,7,8);1-2H2,(H,3,4,5)(H,6,7,8). The summed E-state index contributed by atoms with van der Waals surface area (Å²) in [4.78, 5) is 7.09. The largest absolute Gasteiger partial charge is 0.348 e. The third kappa shape index (κ3) is 9.10. The molecule has 0 bridgehead atoms. The molecule has 3 N–H and O–H groups in total. The van der Waals surface area contributed by atoms with Crippen molar-refractivity contribution >= 4 is 20.2 Å². The molecule has 18 heavy (non-hydrogen) atoms. The summed E-state index contributed by atoms with van der Waals surface area (Å²) < 4.78 is 55.4. The summed E-state index contributed by atoms with van der Waals surface area (Å²) in [6.45, 7) is 4.13. The molecule has 0 atom stereocenters. The molecule has 0 aliphatic carbocycles. The number of rotatable bonds is 4. The summed E-state index contributed by atoms with van der Waals surface area (Å²) in [6.07, 6.45) is 2.75. The van der Waals surface area contributed by atoms with Crippen LogP contribution in [0.15, 0.2) is 6.33 Å². The number of aryl methyl sites for hydroxylation is 2. The van der Waals surface area contributed by atoms with E-state index in [1.807, 2.05) is 6.92 Å². The van der Waals surface area contributed by atoms with Gasteiger partial charge in [-0.3, -0.25) is 9.11 Å². The van der Waals surface area contributed by atoms with Gasteiger partial charge in [-0.2, -0.15) is 16.8 Å². The van der Waals surface area contributed by atoms with E-state index in [1.54, 1.807) is 6.33 Å². The Balaban J connectivity index is 0.000000327. The zero-order valence-electron chi connectivity index (χ0n) is 9.99. The molecule has 106 valence electrons. The summed E-state index contributed by atoms with van der Waals surface area (Å²) in [5, 5.41) is 0. The maximum Gasteiger partial charge on any atom is 0.265 e. The second-order valence-electron chi connectivity index (χ2n) is 3.40.